The van der Waals surface area contributed by atoms with Gasteiger partial charge in [0, 0.05) is 0 Å². The Morgan fingerprint density at radius 3 is 1.53 bits per heavy atom. The molecule has 0 spiro atoms. The summed E-state index contributed by atoms with van der Waals surface area (Å²) in [5, 5.41) is 9.95. The van der Waals surface area contributed by atoms with Crippen LogP contribution in [0, 0.1) is 0 Å². The molecule has 1 N–H and O–H groups in total. The zero-order valence-corrected chi connectivity index (χ0v) is 18.1. The summed E-state index contributed by atoms with van der Waals surface area (Å²) < 4.78 is 24.8. The molecule has 0 amide bonds. The van der Waals surface area contributed by atoms with Gasteiger partial charge < -0.3 is 24.1 Å². The van der Waals surface area contributed by atoms with E-state index < -0.39 is 12.2 Å². The Balaban J connectivity index is 1.49. The van der Waals surface area contributed by atoms with Crippen LogP contribution in [0.2, 0.25) is 0 Å². The molecule has 1 fully saturated rings. The van der Waals surface area contributed by atoms with Crippen LogP contribution in [0.1, 0.15) is 16.7 Å². The highest BCUT2D eigenvalue weighted by Crippen LogP contribution is 2.26. The highest BCUT2D eigenvalue weighted by atomic mass is 16.6. The predicted molar refractivity (Wildman–Crippen MR) is 122 cm³/mol. The van der Waals surface area contributed by atoms with Crippen molar-refractivity contribution >= 4 is 0 Å². The zero-order chi connectivity index (χ0) is 22.0. The lowest BCUT2D eigenvalue weighted by atomic mass is 9.99. The lowest BCUT2D eigenvalue weighted by Gasteiger charge is -2.41. The van der Waals surface area contributed by atoms with Crippen LogP contribution >= 0.6 is 0 Å². The van der Waals surface area contributed by atoms with Crippen LogP contribution in [-0.2, 0) is 38.8 Å². The van der Waals surface area contributed by atoms with E-state index in [1.807, 2.05) is 91.0 Å². The van der Waals surface area contributed by atoms with Gasteiger partial charge in [-0.15, -0.1) is 0 Å². The van der Waals surface area contributed by atoms with Crippen molar-refractivity contribution in [3.63, 3.8) is 0 Å². The molecular formula is C27H30O5. The first-order valence-electron chi connectivity index (χ1n) is 11.0. The SMILES string of the molecule is OC[C@H]1OC[C@H](OCc2ccccc2)[C@@H](OCc2ccccc2)[C@H]1OCc1ccccc1. The topological polar surface area (TPSA) is 57.2 Å². The van der Waals surface area contributed by atoms with Gasteiger partial charge in [0.05, 0.1) is 33.0 Å². The quantitative estimate of drug-likeness (QED) is 0.520. The third-order valence-corrected chi connectivity index (χ3v) is 5.59. The number of aliphatic hydroxyl groups is 1. The molecule has 5 heteroatoms. The summed E-state index contributed by atoms with van der Waals surface area (Å²) >= 11 is 0. The molecule has 4 rings (SSSR count). The molecule has 32 heavy (non-hydrogen) atoms. The van der Waals surface area contributed by atoms with Gasteiger partial charge in [-0.25, -0.2) is 0 Å². The van der Waals surface area contributed by atoms with Crippen molar-refractivity contribution in [1.29, 1.82) is 0 Å². The lowest BCUT2D eigenvalue weighted by molar-refractivity contribution is -0.243. The predicted octanol–water partition coefficient (Wildman–Crippen LogP) is 4.13. The average molecular weight is 435 g/mol. The van der Waals surface area contributed by atoms with Gasteiger partial charge in [0.1, 0.15) is 24.4 Å². The second-order valence-electron chi connectivity index (χ2n) is 7.91. The molecule has 1 heterocycles. The monoisotopic (exact) mass is 434 g/mol. The van der Waals surface area contributed by atoms with E-state index >= 15 is 0 Å². The molecule has 0 aromatic heterocycles. The molecule has 1 saturated heterocycles. The number of ether oxygens (including phenoxy) is 4. The van der Waals surface area contributed by atoms with Gasteiger partial charge in [-0.1, -0.05) is 91.0 Å². The Labute approximate surface area is 189 Å². The Bertz CT molecular complexity index is 903. The van der Waals surface area contributed by atoms with E-state index in [-0.39, 0.29) is 18.8 Å². The van der Waals surface area contributed by atoms with Crippen LogP contribution in [0.4, 0.5) is 0 Å². The minimum atomic E-state index is -0.476. The van der Waals surface area contributed by atoms with Crippen molar-refractivity contribution in [3.05, 3.63) is 108 Å². The molecule has 0 aliphatic carbocycles. The van der Waals surface area contributed by atoms with E-state index in [0.717, 1.165) is 16.7 Å². The van der Waals surface area contributed by atoms with E-state index in [1.165, 1.54) is 0 Å². The van der Waals surface area contributed by atoms with E-state index in [2.05, 4.69) is 0 Å². The molecule has 3 aromatic carbocycles. The fourth-order valence-electron chi connectivity index (χ4n) is 3.85. The van der Waals surface area contributed by atoms with Crippen molar-refractivity contribution in [3.8, 4) is 0 Å². The molecule has 0 unspecified atom stereocenters. The largest absolute Gasteiger partial charge is 0.394 e. The molecule has 1 aliphatic heterocycles. The summed E-state index contributed by atoms with van der Waals surface area (Å²) in [5.41, 5.74) is 3.21. The first kappa shape index (κ1) is 22.6. The second kappa shape index (κ2) is 11.9. The summed E-state index contributed by atoms with van der Waals surface area (Å²) in [6, 6.07) is 30.0. The van der Waals surface area contributed by atoms with Gasteiger partial charge in [0.25, 0.3) is 0 Å². The number of aliphatic hydroxyl groups excluding tert-OH is 1. The molecule has 1 aliphatic rings. The highest BCUT2D eigenvalue weighted by Gasteiger charge is 2.42. The number of hydrogen-bond acceptors (Lipinski definition) is 5. The molecule has 3 aromatic rings. The maximum Gasteiger partial charge on any atom is 0.115 e. The summed E-state index contributed by atoms with van der Waals surface area (Å²) in [5.74, 6) is 0. The van der Waals surface area contributed by atoms with Crippen LogP contribution < -0.4 is 0 Å². The van der Waals surface area contributed by atoms with Gasteiger partial charge >= 0.3 is 0 Å². The van der Waals surface area contributed by atoms with Crippen molar-refractivity contribution in [2.45, 2.75) is 44.2 Å². The molecule has 4 atom stereocenters. The summed E-state index contributed by atoms with van der Waals surface area (Å²) in [6.45, 7) is 1.48. The minimum absolute atomic E-state index is 0.143. The van der Waals surface area contributed by atoms with Gasteiger partial charge in [-0.3, -0.25) is 0 Å². The number of benzene rings is 3. The minimum Gasteiger partial charge on any atom is -0.394 e. The summed E-state index contributed by atoms with van der Waals surface area (Å²) in [7, 11) is 0. The summed E-state index contributed by atoms with van der Waals surface area (Å²) in [4.78, 5) is 0. The smallest absolute Gasteiger partial charge is 0.115 e. The maximum absolute atomic E-state index is 9.95. The maximum atomic E-state index is 9.95. The Morgan fingerprint density at radius 2 is 1.06 bits per heavy atom. The molecular weight excluding hydrogens is 404 g/mol. The fourth-order valence-corrected chi connectivity index (χ4v) is 3.85. The van der Waals surface area contributed by atoms with Crippen LogP contribution in [-0.4, -0.2) is 42.7 Å². The van der Waals surface area contributed by atoms with Crippen LogP contribution in [0.15, 0.2) is 91.0 Å². The fraction of sp³-hybridized carbons (Fsp3) is 0.333. The van der Waals surface area contributed by atoms with Gasteiger partial charge in [-0.2, -0.15) is 0 Å². The van der Waals surface area contributed by atoms with E-state index in [1.54, 1.807) is 0 Å². The van der Waals surface area contributed by atoms with Crippen molar-refractivity contribution < 1.29 is 24.1 Å². The highest BCUT2D eigenvalue weighted by molar-refractivity contribution is 5.15. The normalized spacial score (nSPS) is 23.2. The number of rotatable bonds is 10. The van der Waals surface area contributed by atoms with E-state index in [9.17, 15) is 5.11 Å². The van der Waals surface area contributed by atoms with Gasteiger partial charge in [-0.05, 0) is 16.7 Å². The Kier molecular flexibility index (Phi) is 8.42. The lowest BCUT2D eigenvalue weighted by Crippen LogP contribution is -2.57. The first-order chi connectivity index (χ1) is 15.8. The average Bonchev–Trinajstić information content (AvgIpc) is 2.87. The molecule has 0 bridgehead atoms. The molecule has 5 nitrogen and oxygen atoms in total. The van der Waals surface area contributed by atoms with Crippen LogP contribution in [0.25, 0.3) is 0 Å². The first-order valence-corrected chi connectivity index (χ1v) is 11.0. The van der Waals surface area contributed by atoms with Crippen LogP contribution in [0.5, 0.6) is 0 Å². The Morgan fingerprint density at radius 1 is 0.625 bits per heavy atom. The van der Waals surface area contributed by atoms with Crippen LogP contribution in [0.3, 0.4) is 0 Å². The summed E-state index contributed by atoms with van der Waals surface area (Å²) in [6.07, 6.45) is -1.63. The van der Waals surface area contributed by atoms with Crippen molar-refractivity contribution in [2.24, 2.45) is 0 Å². The third-order valence-electron chi connectivity index (χ3n) is 5.59. The second-order valence-corrected chi connectivity index (χ2v) is 7.91. The van der Waals surface area contributed by atoms with Gasteiger partial charge in [0.2, 0.25) is 0 Å². The molecule has 0 saturated carbocycles. The third kappa shape index (κ3) is 6.25. The van der Waals surface area contributed by atoms with Crippen molar-refractivity contribution in [1.82, 2.24) is 0 Å². The number of hydrogen-bond donors (Lipinski definition) is 1. The van der Waals surface area contributed by atoms with Crippen molar-refractivity contribution in [2.75, 3.05) is 13.2 Å². The van der Waals surface area contributed by atoms with Gasteiger partial charge in [0.15, 0.2) is 0 Å². The molecule has 0 radical (unpaired) electrons. The zero-order valence-electron chi connectivity index (χ0n) is 18.1. The molecule has 168 valence electrons. The van der Waals surface area contributed by atoms with E-state index in [4.69, 9.17) is 18.9 Å². The Hall–Kier alpha value is -2.54. The van der Waals surface area contributed by atoms with E-state index in [0.29, 0.717) is 26.4 Å². The standard InChI is InChI=1S/C27H30O5/c28-16-24-26(31-18-22-12-6-2-7-13-22)27(32-19-23-14-8-3-9-15-23)25(20-30-24)29-17-21-10-4-1-5-11-21/h1-15,24-28H,16-20H2/t24-,25+,26+,27-/m1/s1.